The number of aromatic carboxylic acids is 1. The Bertz CT molecular complexity index is 596. The maximum absolute atomic E-state index is 11.2. The molecule has 0 aliphatic heterocycles. The highest BCUT2D eigenvalue weighted by atomic mass is 79.9. The lowest BCUT2D eigenvalue weighted by Crippen LogP contribution is -1.98. The quantitative estimate of drug-likeness (QED) is 0.896. The topological polar surface area (TPSA) is 37.3 Å². The Morgan fingerprint density at radius 3 is 2.67 bits per heavy atom. The van der Waals surface area contributed by atoms with E-state index in [1.807, 2.05) is 37.3 Å². The van der Waals surface area contributed by atoms with Crippen molar-refractivity contribution in [3.8, 4) is 0 Å². The summed E-state index contributed by atoms with van der Waals surface area (Å²) in [5.41, 5.74) is 1.48. The van der Waals surface area contributed by atoms with Crippen molar-refractivity contribution in [3.63, 3.8) is 0 Å². The van der Waals surface area contributed by atoms with Crippen LogP contribution >= 0.6 is 27.7 Å². The van der Waals surface area contributed by atoms with Crippen LogP contribution in [-0.4, -0.2) is 11.1 Å². The van der Waals surface area contributed by atoms with Crippen LogP contribution in [0.5, 0.6) is 0 Å². The molecular weight excluding hydrogens is 312 g/mol. The van der Waals surface area contributed by atoms with Crippen molar-refractivity contribution >= 4 is 33.7 Å². The minimum atomic E-state index is -0.905. The number of hydrogen-bond acceptors (Lipinski definition) is 2. The Labute approximate surface area is 118 Å². The maximum atomic E-state index is 11.2. The van der Waals surface area contributed by atoms with Crippen molar-refractivity contribution < 1.29 is 9.90 Å². The summed E-state index contributed by atoms with van der Waals surface area (Å²) in [7, 11) is 0. The van der Waals surface area contributed by atoms with E-state index in [0.29, 0.717) is 5.56 Å². The first-order valence-corrected chi connectivity index (χ1v) is 6.94. The number of carboxylic acids is 1. The first-order valence-electron chi connectivity index (χ1n) is 5.33. The zero-order chi connectivity index (χ0) is 13.1. The minimum Gasteiger partial charge on any atom is -0.478 e. The van der Waals surface area contributed by atoms with E-state index in [0.717, 1.165) is 19.8 Å². The molecule has 0 saturated heterocycles. The molecule has 2 aromatic rings. The summed E-state index contributed by atoms with van der Waals surface area (Å²) in [5, 5.41) is 9.16. The normalized spacial score (nSPS) is 10.3. The summed E-state index contributed by atoms with van der Waals surface area (Å²) in [6.45, 7) is 2.02. The molecule has 0 atom stereocenters. The van der Waals surface area contributed by atoms with Crippen molar-refractivity contribution in [1.82, 2.24) is 0 Å². The van der Waals surface area contributed by atoms with E-state index in [2.05, 4.69) is 15.9 Å². The molecule has 0 saturated carbocycles. The molecule has 0 aliphatic carbocycles. The van der Waals surface area contributed by atoms with Gasteiger partial charge in [-0.15, -0.1) is 0 Å². The number of rotatable bonds is 3. The van der Waals surface area contributed by atoms with Crippen molar-refractivity contribution in [3.05, 3.63) is 58.1 Å². The minimum absolute atomic E-state index is 0.324. The Hall–Kier alpha value is -1.26. The van der Waals surface area contributed by atoms with E-state index < -0.39 is 5.97 Å². The largest absolute Gasteiger partial charge is 0.478 e. The Morgan fingerprint density at radius 2 is 2.00 bits per heavy atom. The number of halogens is 1. The molecule has 0 spiro atoms. The third-order valence-corrected chi connectivity index (χ3v) is 3.93. The highest BCUT2D eigenvalue weighted by Gasteiger charge is 2.11. The summed E-state index contributed by atoms with van der Waals surface area (Å²) in [4.78, 5) is 12.9. The number of benzene rings is 2. The summed E-state index contributed by atoms with van der Waals surface area (Å²) in [5.74, 6) is -0.905. The fourth-order valence-corrected chi connectivity index (χ4v) is 3.17. The molecule has 4 heteroatoms. The first kappa shape index (κ1) is 13.2. The second-order valence-electron chi connectivity index (χ2n) is 3.86. The summed E-state index contributed by atoms with van der Waals surface area (Å²) in [6, 6.07) is 13.2. The molecule has 18 heavy (non-hydrogen) atoms. The van der Waals surface area contributed by atoms with E-state index in [9.17, 15) is 4.79 Å². The van der Waals surface area contributed by atoms with Crippen LogP contribution in [-0.2, 0) is 0 Å². The van der Waals surface area contributed by atoms with Gasteiger partial charge in [0.25, 0.3) is 0 Å². The van der Waals surface area contributed by atoms with Gasteiger partial charge in [-0.3, -0.25) is 0 Å². The molecule has 0 amide bonds. The molecule has 0 bridgehead atoms. The van der Waals surface area contributed by atoms with Crippen molar-refractivity contribution in [1.29, 1.82) is 0 Å². The van der Waals surface area contributed by atoms with Gasteiger partial charge in [-0.05, 0) is 37.3 Å². The van der Waals surface area contributed by atoms with Gasteiger partial charge in [0.1, 0.15) is 0 Å². The second-order valence-corrected chi connectivity index (χ2v) is 5.90. The van der Waals surface area contributed by atoms with Gasteiger partial charge < -0.3 is 5.11 Å². The first-order chi connectivity index (χ1) is 8.56. The van der Waals surface area contributed by atoms with E-state index >= 15 is 0 Å². The summed E-state index contributed by atoms with van der Waals surface area (Å²) < 4.78 is 0.877. The Balaban J connectivity index is 2.39. The SMILES string of the molecule is Cc1cccc(Sc2cc(Br)ccc2C(=O)O)c1. The van der Waals surface area contributed by atoms with Gasteiger partial charge in [0.2, 0.25) is 0 Å². The number of hydrogen-bond donors (Lipinski definition) is 1. The third kappa shape index (κ3) is 3.15. The highest BCUT2D eigenvalue weighted by Crippen LogP contribution is 2.32. The van der Waals surface area contributed by atoms with Gasteiger partial charge in [0.15, 0.2) is 0 Å². The lowest BCUT2D eigenvalue weighted by molar-refractivity contribution is 0.0693. The van der Waals surface area contributed by atoms with Gasteiger partial charge in [0.05, 0.1) is 5.56 Å². The lowest BCUT2D eigenvalue weighted by atomic mass is 10.2. The molecule has 0 heterocycles. The van der Waals surface area contributed by atoms with Crippen molar-refractivity contribution in [2.45, 2.75) is 16.7 Å². The zero-order valence-electron chi connectivity index (χ0n) is 9.68. The molecule has 0 unspecified atom stereocenters. The van der Waals surface area contributed by atoms with Crippen LogP contribution in [0.2, 0.25) is 0 Å². The van der Waals surface area contributed by atoms with Crippen molar-refractivity contribution in [2.75, 3.05) is 0 Å². The van der Waals surface area contributed by atoms with E-state index in [1.165, 1.54) is 11.8 Å². The standard InChI is InChI=1S/C14H11BrO2S/c1-9-3-2-4-11(7-9)18-13-8-10(15)5-6-12(13)14(16)17/h2-8H,1H3,(H,16,17). The molecule has 1 N–H and O–H groups in total. The van der Waals surface area contributed by atoms with Gasteiger partial charge in [-0.1, -0.05) is 45.4 Å². The highest BCUT2D eigenvalue weighted by molar-refractivity contribution is 9.10. The number of aryl methyl sites for hydroxylation is 1. The van der Waals surface area contributed by atoms with Crippen LogP contribution in [0, 0.1) is 6.92 Å². The van der Waals surface area contributed by atoms with Crippen LogP contribution in [0.15, 0.2) is 56.7 Å². The molecule has 2 rings (SSSR count). The predicted octanol–water partition coefficient (Wildman–Crippen LogP) is 4.61. The maximum Gasteiger partial charge on any atom is 0.336 e. The third-order valence-electron chi connectivity index (χ3n) is 2.39. The van der Waals surface area contributed by atoms with Crippen LogP contribution in [0.1, 0.15) is 15.9 Å². The average molecular weight is 323 g/mol. The monoisotopic (exact) mass is 322 g/mol. The lowest BCUT2D eigenvalue weighted by Gasteiger charge is -2.07. The summed E-state index contributed by atoms with van der Waals surface area (Å²) >= 11 is 4.83. The molecule has 2 aromatic carbocycles. The molecular formula is C14H11BrO2S. The zero-order valence-corrected chi connectivity index (χ0v) is 12.1. The predicted molar refractivity (Wildman–Crippen MR) is 76.4 cm³/mol. The van der Waals surface area contributed by atoms with Gasteiger partial charge in [-0.2, -0.15) is 0 Å². The van der Waals surface area contributed by atoms with Crippen LogP contribution < -0.4 is 0 Å². The van der Waals surface area contributed by atoms with Gasteiger partial charge in [-0.25, -0.2) is 4.79 Å². The number of carbonyl (C=O) groups is 1. The van der Waals surface area contributed by atoms with Crippen molar-refractivity contribution in [2.24, 2.45) is 0 Å². The van der Waals surface area contributed by atoms with Gasteiger partial charge >= 0.3 is 5.97 Å². The van der Waals surface area contributed by atoms with Gasteiger partial charge in [0, 0.05) is 14.3 Å². The molecule has 0 aliphatic rings. The Kier molecular flexibility index (Phi) is 4.09. The molecule has 0 fully saturated rings. The number of carboxylic acid groups (broad SMARTS) is 1. The fraction of sp³-hybridized carbons (Fsp3) is 0.0714. The van der Waals surface area contributed by atoms with Crippen LogP contribution in [0.3, 0.4) is 0 Å². The Morgan fingerprint density at radius 1 is 1.22 bits per heavy atom. The van der Waals surface area contributed by atoms with E-state index in [4.69, 9.17) is 5.11 Å². The van der Waals surface area contributed by atoms with E-state index in [1.54, 1.807) is 12.1 Å². The fourth-order valence-electron chi connectivity index (χ4n) is 1.56. The average Bonchev–Trinajstić information content (AvgIpc) is 2.28. The molecule has 0 radical (unpaired) electrons. The summed E-state index contributed by atoms with van der Waals surface area (Å²) in [6.07, 6.45) is 0. The second kappa shape index (κ2) is 5.59. The van der Waals surface area contributed by atoms with Crippen LogP contribution in [0.4, 0.5) is 0 Å². The molecule has 2 nitrogen and oxygen atoms in total. The molecule has 92 valence electrons. The van der Waals surface area contributed by atoms with Crippen LogP contribution in [0.25, 0.3) is 0 Å². The molecule has 0 aromatic heterocycles. The van der Waals surface area contributed by atoms with E-state index in [-0.39, 0.29) is 0 Å². The smallest absolute Gasteiger partial charge is 0.336 e.